The van der Waals surface area contributed by atoms with E-state index in [0.29, 0.717) is 22.5 Å². The number of piperidine rings is 1. The van der Waals surface area contributed by atoms with Crippen LogP contribution in [-0.2, 0) is 11.3 Å². The third-order valence-corrected chi connectivity index (χ3v) is 6.78. The molecule has 168 valence electrons. The number of thioether (sulfide) groups is 1. The van der Waals surface area contributed by atoms with Crippen LogP contribution in [0.5, 0.6) is 0 Å². The van der Waals surface area contributed by atoms with Gasteiger partial charge in [-0.2, -0.15) is 0 Å². The first-order chi connectivity index (χ1) is 16.2. The maximum Gasteiger partial charge on any atom is 0.290 e. The van der Waals surface area contributed by atoms with E-state index in [1.54, 1.807) is 18.3 Å². The molecule has 2 aliphatic rings. The summed E-state index contributed by atoms with van der Waals surface area (Å²) < 4.78 is 0. The number of nitrogens with one attached hydrogen (secondary N) is 2. The van der Waals surface area contributed by atoms with Crippen molar-refractivity contribution >= 4 is 45.7 Å². The van der Waals surface area contributed by atoms with Crippen LogP contribution in [0.15, 0.2) is 53.7 Å². The van der Waals surface area contributed by atoms with Crippen LogP contribution in [0.4, 0.5) is 10.7 Å². The molecule has 0 saturated carbocycles. The molecule has 2 aliphatic heterocycles. The van der Waals surface area contributed by atoms with Gasteiger partial charge in [-0.05, 0) is 60.7 Å². The fraction of sp³-hybridized carbons (Fsp3) is 0.292. The normalized spacial score (nSPS) is 18.3. The number of hydrogen-bond donors (Lipinski definition) is 2. The monoisotopic (exact) mass is 460 g/mol. The lowest BCUT2D eigenvalue weighted by Crippen LogP contribution is -2.38. The molecule has 2 amide bonds. The number of rotatable bonds is 6. The Kier molecular flexibility index (Phi) is 6.32. The summed E-state index contributed by atoms with van der Waals surface area (Å²) >= 11 is 0.893. The molecule has 33 heavy (non-hydrogen) atoms. The highest BCUT2D eigenvalue weighted by molar-refractivity contribution is 8.18. The molecule has 4 heterocycles. The molecule has 9 heteroatoms. The Balaban J connectivity index is 1.14. The molecule has 0 radical (unpaired) electrons. The van der Waals surface area contributed by atoms with E-state index >= 15 is 0 Å². The Labute approximate surface area is 195 Å². The van der Waals surface area contributed by atoms with Crippen LogP contribution in [0.3, 0.4) is 0 Å². The molecule has 2 fully saturated rings. The number of carbonyl (C=O) groups is 2. The highest BCUT2D eigenvalue weighted by atomic mass is 32.2. The number of aromatic nitrogens is 3. The van der Waals surface area contributed by atoms with Crippen LogP contribution >= 0.6 is 11.8 Å². The Morgan fingerprint density at radius 1 is 1.09 bits per heavy atom. The number of anilines is 1. The quantitative estimate of drug-likeness (QED) is 0.540. The Morgan fingerprint density at radius 2 is 1.91 bits per heavy atom. The second-order valence-electron chi connectivity index (χ2n) is 8.17. The van der Waals surface area contributed by atoms with Crippen molar-refractivity contribution in [3.8, 4) is 0 Å². The largest absolute Gasteiger partial charge is 0.341 e. The van der Waals surface area contributed by atoms with E-state index in [1.165, 1.54) is 10.8 Å². The smallest absolute Gasteiger partial charge is 0.290 e. The van der Waals surface area contributed by atoms with Crippen LogP contribution in [0, 0.1) is 5.92 Å². The van der Waals surface area contributed by atoms with Crippen molar-refractivity contribution in [2.24, 2.45) is 5.92 Å². The summed E-state index contributed by atoms with van der Waals surface area (Å²) in [6.07, 6.45) is 7.30. The van der Waals surface area contributed by atoms with Gasteiger partial charge >= 0.3 is 0 Å². The van der Waals surface area contributed by atoms with Crippen LogP contribution in [0.2, 0.25) is 0 Å². The second kappa shape index (κ2) is 9.68. The molecular weight excluding hydrogens is 436 g/mol. The maximum atomic E-state index is 11.8. The number of carbonyl (C=O) groups excluding carboxylic acids is 2. The summed E-state index contributed by atoms with van der Waals surface area (Å²) in [6, 6.07) is 12.1. The minimum absolute atomic E-state index is 0.354. The van der Waals surface area contributed by atoms with E-state index in [-0.39, 0.29) is 11.1 Å². The van der Waals surface area contributed by atoms with Crippen LogP contribution < -0.4 is 15.5 Å². The molecule has 5 rings (SSSR count). The fourth-order valence-electron chi connectivity index (χ4n) is 4.20. The summed E-state index contributed by atoms with van der Waals surface area (Å²) in [5.41, 5.74) is 1.71. The van der Waals surface area contributed by atoms with Gasteiger partial charge < -0.3 is 10.2 Å². The zero-order valence-electron chi connectivity index (χ0n) is 18.0. The minimum Gasteiger partial charge on any atom is -0.341 e. The molecule has 8 nitrogen and oxygen atoms in total. The van der Waals surface area contributed by atoms with Gasteiger partial charge in [-0.15, -0.1) is 0 Å². The van der Waals surface area contributed by atoms with Crippen molar-refractivity contribution in [3.63, 3.8) is 0 Å². The highest BCUT2D eigenvalue weighted by Crippen LogP contribution is 2.26. The van der Waals surface area contributed by atoms with Crippen LogP contribution in [-0.4, -0.2) is 45.7 Å². The van der Waals surface area contributed by atoms with Crippen molar-refractivity contribution in [2.45, 2.75) is 19.4 Å². The zero-order chi connectivity index (χ0) is 22.6. The van der Waals surface area contributed by atoms with Gasteiger partial charge in [0.1, 0.15) is 0 Å². The first kappa shape index (κ1) is 21.5. The number of benzene rings is 1. The minimum atomic E-state index is -0.378. The van der Waals surface area contributed by atoms with E-state index in [2.05, 4.69) is 54.8 Å². The van der Waals surface area contributed by atoms with E-state index in [9.17, 15) is 9.59 Å². The van der Waals surface area contributed by atoms with Gasteiger partial charge in [0.2, 0.25) is 5.95 Å². The van der Waals surface area contributed by atoms with Crippen molar-refractivity contribution < 1.29 is 9.59 Å². The number of imide groups is 1. The number of nitrogens with zero attached hydrogens (tertiary/aromatic N) is 4. The van der Waals surface area contributed by atoms with Gasteiger partial charge in [0.15, 0.2) is 0 Å². The summed E-state index contributed by atoms with van der Waals surface area (Å²) in [5, 5.41) is 7.91. The molecule has 3 aromatic rings. The summed E-state index contributed by atoms with van der Waals surface area (Å²) in [6.45, 7) is 3.47. The molecule has 2 N–H and O–H groups in total. The Bertz CT molecular complexity index is 1220. The van der Waals surface area contributed by atoms with Crippen LogP contribution in [0.25, 0.3) is 16.8 Å². The van der Waals surface area contributed by atoms with E-state index in [4.69, 9.17) is 0 Å². The number of hydrogen-bond acceptors (Lipinski definition) is 8. The first-order valence-corrected chi connectivity index (χ1v) is 11.8. The lowest BCUT2D eigenvalue weighted by atomic mass is 9.97. The van der Waals surface area contributed by atoms with E-state index in [0.717, 1.165) is 56.5 Å². The Hall–Kier alpha value is -3.30. The molecule has 0 atom stereocenters. The predicted molar refractivity (Wildman–Crippen MR) is 130 cm³/mol. The summed E-state index contributed by atoms with van der Waals surface area (Å²) in [4.78, 5) is 39.2. The average molecular weight is 461 g/mol. The van der Waals surface area contributed by atoms with Gasteiger partial charge in [-0.25, -0.2) is 9.97 Å². The molecule has 1 aromatic carbocycles. The topological polar surface area (TPSA) is 100 Å². The standard InChI is InChI=1S/C24H24N6O2S/c31-22-21(33-24(32)29-22)13-18-6-10-27-23(28-18)30-11-7-16(8-12-30)14-25-15-20-19-4-2-1-3-17(19)5-9-26-20/h1-6,9-10,13,16,25H,7-8,11-12,14-15H2,(H,29,31,32). The molecule has 0 aliphatic carbocycles. The third kappa shape index (κ3) is 5.04. The maximum absolute atomic E-state index is 11.8. The number of amides is 2. The highest BCUT2D eigenvalue weighted by Gasteiger charge is 2.25. The molecule has 0 bridgehead atoms. The summed E-state index contributed by atoms with van der Waals surface area (Å²) in [7, 11) is 0. The second-order valence-corrected chi connectivity index (χ2v) is 9.19. The number of fused-ring (bicyclic) bond motifs is 1. The van der Waals surface area contributed by atoms with Crippen molar-refractivity contribution in [1.29, 1.82) is 0 Å². The van der Waals surface area contributed by atoms with Gasteiger partial charge in [0.05, 0.1) is 16.3 Å². The van der Waals surface area contributed by atoms with E-state index in [1.807, 2.05) is 12.3 Å². The lowest BCUT2D eigenvalue weighted by molar-refractivity contribution is -0.115. The first-order valence-electron chi connectivity index (χ1n) is 11.0. The van der Waals surface area contributed by atoms with E-state index < -0.39 is 0 Å². The fourth-order valence-corrected chi connectivity index (χ4v) is 4.87. The van der Waals surface area contributed by atoms with Crippen molar-refractivity contribution in [3.05, 3.63) is 65.1 Å². The zero-order valence-corrected chi connectivity index (χ0v) is 18.8. The molecule has 2 aromatic heterocycles. The predicted octanol–water partition coefficient (Wildman–Crippen LogP) is 3.35. The average Bonchev–Trinajstić information content (AvgIpc) is 3.16. The third-order valence-electron chi connectivity index (χ3n) is 5.96. The van der Waals surface area contributed by atoms with Gasteiger partial charge in [-0.3, -0.25) is 19.9 Å². The lowest BCUT2D eigenvalue weighted by Gasteiger charge is -2.32. The Morgan fingerprint density at radius 3 is 2.73 bits per heavy atom. The van der Waals surface area contributed by atoms with Crippen molar-refractivity contribution in [1.82, 2.24) is 25.6 Å². The number of pyridine rings is 1. The molecule has 0 spiro atoms. The molecule has 2 saturated heterocycles. The van der Waals surface area contributed by atoms with Crippen molar-refractivity contribution in [2.75, 3.05) is 24.5 Å². The molecule has 0 unspecified atom stereocenters. The molecular formula is C24H24N6O2S. The van der Waals surface area contributed by atoms with Gasteiger partial charge in [-0.1, -0.05) is 24.3 Å². The SMILES string of the molecule is O=C1NC(=O)C(=Cc2ccnc(N3CCC(CNCc4nccc5ccccc45)CC3)n2)S1. The van der Waals surface area contributed by atoms with Crippen LogP contribution in [0.1, 0.15) is 24.2 Å². The summed E-state index contributed by atoms with van der Waals surface area (Å²) in [5.74, 6) is 0.869. The van der Waals surface area contributed by atoms with Gasteiger partial charge in [0, 0.05) is 37.4 Å². The van der Waals surface area contributed by atoms with Gasteiger partial charge in [0.25, 0.3) is 11.1 Å².